The third-order valence-electron chi connectivity index (χ3n) is 5.97. The van der Waals surface area contributed by atoms with Gasteiger partial charge in [0.25, 0.3) is 0 Å². The molecule has 0 radical (unpaired) electrons. The number of amides is 5. The molecule has 0 aliphatic carbocycles. The average Bonchev–Trinajstić information content (AvgIpc) is 2.91. The molecule has 5 amide bonds. The molecule has 0 spiro atoms. The van der Waals surface area contributed by atoms with Crippen LogP contribution in [-0.2, 0) is 35.2 Å². The second-order valence-corrected chi connectivity index (χ2v) is 10.3. The normalized spacial score (nSPS) is 12.7. The molecule has 232 valence electrons. The van der Waals surface area contributed by atoms with E-state index in [0.29, 0.717) is 19.4 Å². The summed E-state index contributed by atoms with van der Waals surface area (Å²) >= 11 is 0. The first-order chi connectivity index (χ1) is 19.8. The van der Waals surface area contributed by atoms with Crippen molar-refractivity contribution in [3.63, 3.8) is 0 Å². The van der Waals surface area contributed by atoms with Crippen LogP contribution in [-0.4, -0.2) is 79.0 Å². The number of nitrogens with one attached hydrogen (secondary N) is 5. The van der Waals surface area contributed by atoms with Crippen LogP contribution in [0.1, 0.15) is 52.5 Å². The lowest BCUT2D eigenvalue weighted by Crippen LogP contribution is -2.57. The quantitative estimate of drug-likeness (QED) is 0.0613. The summed E-state index contributed by atoms with van der Waals surface area (Å²) < 4.78 is 0. The van der Waals surface area contributed by atoms with E-state index >= 15 is 0 Å². The van der Waals surface area contributed by atoms with E-state index in [4.69, 9.17) is 11.5 Å². The van der Waals surface area contributed by atoms with Gasteiger partial charge in [0.05, 0.1) is 19.1 Å². The summed E-state index contributed by atoms with van der Waals surface area (Å²) in [6.45, 7) is 5.97. The highest BCUT2D eigenvalue weighted by Gasteiger charge is 2.29. The summed E-state index contributed by atoms with van der Waals surface area (Å²) in [7, 11) is 0. The van der Waals surface area contributed by atoms with E-state index in [1.54, 1.807) is 24.3 Å². The number of guanidine groups is 1. The van der Waals surface area contributed by atoms with E-state index < -0.39 is 54.2 Å². The van der Waals surface area contributed by atoms with Crippen LogP contribution in [0.5, 0.6) is 0 Å². The van der Waals surface area contributed by atoms with Gasteiger partial charge in [0, 0.05) is 19.9 Å². The van der Waals surface area contributed by atoms with E-state index in [1.807, 2.05) is 19.9 Å². The second kappa shape index (κ2) is 18.8. The highest BCUT2D eigenvalue weighted by atomic mass is 16.2. The van der Waals surface area contributed by atoms with E-state index in [2.05, 4.69) is 31.6 Å². The Morgan fingerprint density at radius 2 is 1.38 bits per heavy atom. The van der Waals surface area contributed by atoms with Gasteiger partial charge in [-0.25, -0.2) is 0 Å². The maximum Gasteiger partial charge on any atom is 0.243 e. The summed E-state index contributed by atoms with van der Waals surface area (Å²) in [6.07, 6.45) is 1.16. The predicted octanol–water partition coefficient (Wildman–Crippen LogP) is -1.38. The van der Waals surface area contributed by atoms with Crippen molar-refractivity contribution < 1.29 is 28.8 Å². The fourth-order valence-electron chi connectivity index (χ4n) is 3.88. The number of Topliss-reactive ketones (excluding diaryl/α,β-unsaturated/α-hetero) is 1. The Labute approximate surface area is 246 Å². The average molecular weight is 589 g/mol. The minimum Gasteiger partial charge on any atom is -0.370 e. The van der Waals surface area contributed by atoms with Crippen molar-refractivity contribution in [2.45, 2.75) is 71.5 Å². The molecule has 3 atom stereocenters. The molecule has 0 unspecified atom stereocenters. The fraction of sp³-hybridized carbons (Fsp3) is 0.536. The van der Waals surface area contributed by atoms with E-state index in [0.717, 1.165) is 5.56 Å². The lowest BCUT2D eigenvalue weighted by Gasteiger charge is -2.26. The molecule has 0 aromatic heterocycles. The number of hydrogen-bond acceptors (Lipinski definition) is 7. The number of nitrogens with zero attached hydrogens (tertiary/aromatic N) is 1. The van der Waals surface area contributed by atoms with E-state index in [9.17, 15) is 28.8 Å². The molecule has 0 aliphatic heterocycles. The number of benzene rings is 1. The molecule has 14 nitrogen and oxygen atoms in total. The Morgan fingerprint density at radius 3 is 1.95 bits per heavy atom. The maximum atomic E-state index is 13.4. The molecule has 0 fully saturated rings. The molecule has 1 aromatic rings. The molecule has 0 saturated heterocycles. The van der Waals surface area contributed by atoms with Gasteiger partial charge in [-0.05, 0) is 37.7 Å². The Morgan fingerprint density at radius 1 is 0.786 bits per heavy atom. The number of hydrogen-bond donors (Lipinski definition) is 7. The van der Waals surface area contributed by atoms with Crippen LogP contribution < -0.4 is 38.1 Å². The zero-order chi connectivity index (χ0) is 31.7. The maximum absolute atomic E-state index is 13.4. The van der Waals surface area contributed by atoms with Crippen molar-refractivity contribution in [2.75, 3.05) is 19.6 Å². The van der Waals surface area contributed by atoms with Crippen molar-refractivity contribution >= 4 is 41.3 Å². The second-order valence-electron chi connectivity index (χ2n) is 10.3. The fourth-order valence-corrected chi connectivity index (χ4v) is 3.88. The molecule has 1 rings (SSSR count). The Balaban J connectivity index is 2.99. The summed E-state index contributed by atoms with van der Waals surface area (Å²) in [5.41, 5.74) is 11.4. The Hall–Kier alpha value is -4.49. The van der Waals surface area contributed by atoms with Gasteiger partial charge in [0.1, 0.15) is 12.1 Å². The first kappa shape index (κ1) is 35.5. The first-order valence-electron chi connectivity index (χ1n) is 13.8. The molecule has 42 heavy (non-hydrogen) atoms. The Kier molecular flexibility index (Phi) is 15.9. The third kappa shape index (κ3) is 15.3. The van der Waals surface area contributed by atoms with Gasteiger partial charge in [-0.3, -0.25) is 33.8 Å². The van der Waals surface area contributed by atoms with Crippen LogP contribution in [0.3, 0.4) is 0 Å². The van der Waals surface area contributed by atoms with Crippen LogP contribution in [0.25, 0.3) is 0 Å². The molecule has 0 bridgehead atoms. The summed E-state index contributed by atoms with van der Waals surface area (Å²) in [5, 5.41) is 12.8. The van der Waals surface area contributed by atoms with Crippen molar-refractivity contribution in [3.05, 3.63) is 35.9 Å². The number of carbonyl (C=O) groups is 6. The first-order valence-corrected chi connectivity index (χ1v) is 13.8. The number of carbonyl (C=O) groups excluding carboxylic acids is 6. The van der Waals surface area contributed by atoms with Crippen molar-refractivity contribution in [1.82, 2.24) is 26.6 Å². The van der Waals surface area contributed by atoms with Crippen LogP contribution in [0.15, 0.2) is 35.3 Å². The van der Waals surface area contributed by atoms with Crippen LogP contribution in [0.2, 0.25) is 0 Å². The highest BCUT2D eigenvalue weighted by Crippen LogP contribution is 2.09. The van der Waals surface area contributed by atoms with Gasteiger partial charge in [0.2, 0.25) is 29.5 Å². The van der Waals surface area contributed by atoms with Crippen LogP contribution >= 0.6 is 0 Å². The van der Waals surface area contributed by atoms with Crippen LogP contribution in [0.4, 0.5) is 0 Å². The number of aliphatic imine (C=N–C) groups is 1. The molecule has 0 saturated carbocycles. The topological polar surface area (TPSA) is 227 Å². The van der Waals surface area contributed by atoms with Crippen LogP contribution in [0, 0.1) is 5.92 Å². The number of ketones is 1. The SMILES string of the molecule is CC(=O)NCC(=O)NCC(=O)N[C@H](Cc1ccccc1)C(=O)N[C@@H](CC(C)C)C(=O)N[C@@H](CCCN=C(N)N)C(C)=O. The number of rotatable bonds is 18. The van der Waals surface area contributed by atoms with Gasteiger partial charge >= 0.3 is 0 Å². The van der Waals surface area contributed by atoms with Gasteiger partial charge < -0.3 is 38.1 Å². The molecule has 9 N–H and O–H groups in total. The molecular weight excluding hydrogens is 544 g/mol. The third-order valence-corrected chi connectivity index (χ3v) is 5.97. The minimum absolute atomic E-state index is 0.0136. The monoisotopic (exact) mass is 588 g/mol. The predicted molar refractivity (Wildman–Crippen MR) is 158 cm³/mol. The standard InChI is InChI=1S/C28H44N8O6/c1-17(2)13-22(26(41)35-21(18(3)37)11-8-12-31-28(29)30)36-27(42)23(14-20-9-6-5-7-10-20)34-25(40)16-33-24(39)15-32-19(4)38/h5-7,9-10,17,21-23H,8,11-16H2,1-4H3,(H,32,38)(H,33,39)(H,34,40)(H,35,41)(H,36,42)(H4,29,30,31)/t21-,22-,23+/m0/s1. The van der Waals surface area contributed by atoms with Crippen molar-refractivity contribution in [1.29, 1.82) is 0 Å². The van der Waals surface area contributed by atoms with Gasteiger partial charge in [-0.2, -0.15) is 0 Å². The van der Waals surface area contributed by atoms with Gasteiger partial charge in [0.15, 0.2) is 11.7 Å². The zero-order valence-corrected chi connectivity index (χ0v) is 24.7. The zero-order valence-electron chi connectivity index (χ0n) is 24.7. The molecule has 0 heterocycles. The van der Waals surface area contributed by atoms with Gasteiger partial charge in [-0.1, -0.05) is 44.2 Å². The Bertz CT molecular complexity index is 1100. The molecular formula is C28H44N8O6. The van der Waals surface area contributed by atoms with Crippen molar-refractivity contribution in [2.24, 2.45) is 22.4 Å². The summed E-state index contributed by atoms with van der Waals surface area (Å²) in [5.74, 6) is -3.05. The minimum atomic E-state index is -1.07. The number of nitrogens with two attached hydrogens (primary N) is 2. The van der Waals surface area contributed by atoms with E-state index in [-0.39, 0.29) is 37.0 Å². The van der Waals surface area contributed by atoms with Gasteiger partial charge in [-0.15, -0.1) is 0 Å². The van der Waals surface area contributed by atoms with Crippen molar-refractivity contribution in [3.8, 4) is 0 Å². The smallest absolute Gasteiger partial charge is 0.243 e. The summed E-state index contributed by atoms with van der Waals surface area (Å²) in [6, 6.07) is 6.13. The van der Waals surface area contributed by atoms with E-state index in [1.165, 1.54) is 13.8 Å². The lowest BCUT2D eigenvalue weighted by molar-refractivity contribution is -0.133. The lowest BCUT2D eigenvalue weighted by atomic mass is 10.00. The molecule has 1 aromatic carbocycles. The molecule has 14 heteroatoms. The largest absolute Gasteiger partial charge is 0.370 e. The highest BCUT2D eigenvalue weighted by molar-refractivity contribution is 5.95. The molecule has 0 aliphatic rings. The summed E-state index contributed by atoms with van der Waals surface area (Å²) in [4.78, 5) is 78.3.